The Labute approximate surface area is 103 Å². The van der Waals surface area contributed by atoms with E-state index in [0.717, 1.165) is 24.2 Å². The smallest absolute Gasteiger partial charge is 0.133 e. The lowest BCUT2D eigenvalue weighted by Crippen LogP contribution is -2.14. The number of aryl methyl sites for hydroxylation is 1. The van der Waals surface area contributed by atoms with Gasteiger partial charge in [-0.2, -0.15) is 0 Å². The summed E-state index contributed by atoms with van der Waals surface area (Å²) in [6.45, 7) is 7.07. The van der Waals surface area contributed by atoms with Crippen LogP contribution in [0.5, 0.6) is 5.75 Å². The number of hydrogen-bond acceptors (Lipinski definition) is 2. The molecule has 0 spiro atoms. The van der Waals surface area contributed by atoms with Gasteiger partial charge in [0.05, 0.1) is 12.2 Å². The van der Waals surface area contributed by atoms with Crippen molar-refractivity contribution in [1.29, 1.82) is 5.41 Å². The molecule has 3 nitrogen and oxygen atoms in total. The highest BCUT2D eigenvalue weighted by molar-refractivity contribution is 5.98. The maximum Gasteiger partial charge on any atom is 0.133 e. The topological polar surface area (TPSA) is 59.1 Å². The average Bonchev–Trinajstić information content (AvgIpc) is 2.25. The van der Waals surface area contributed by atoms with Crippen LogP contribution in [0.1, 0.15) is 37.8 Å². The molecular formula is C14H22N2O. The van der Waals surface area contributed by atoms with Crippen molar-refractivity contribution < 1.29 is 4.74 Å². The molecule has 0 amide bonds. The number of nitrogens with two attached hydrogens (primary N) is 1. The van der Waals surface area contributed by atoms with Crippen molar-refractivity contribution in [3.8, 4) is 5.75 Å². The summed E-state index contributed by atoms with van der Waals surface area (Å²) in [5.41, 5.74) is 7.26. The normalized spacial score (nSPS) is 10.6. The molecule has 0 bridgehead atoms. The van der Waals surface area contributed by atoms with Crippen LogP contribution < -0.4 is 10.5 Å². The molecule has 0 heterocycles. The molecular weight excluding hydrogens is 212 g/mol. The molecule has 3 N–H and O–H groups in total. The fourth-order valence-corrected chi connectivity index (χ4v) is 1.72. The van der Waals surface area contributed by atoms with Gasteiger partial charge in [-0.3, -0.25) is 5.41 Å². The SMILES string of the molecule is Cc1cccc(C(=N)N)c1OCCCC(C)C. The van der Waals surface area contributed by atoms with Crippen LogP contribution in [-0.2, 0) is 0 Å². The molecule has 0 unspecified atom stereocenters. The largest absolute Gasteiger partial charge is 0.493 e. The summed E-state index contributed by atoms with van der Waals surface area (Å²) in [7, 11) is 0. The monoisotopic (exact) mass is 234 g/mol. The fourth-order valence-electron chi connectivity index (χ4n) is 1.72. The van der Waals surface area contributed by atoms with Gasteiger partial charge < -0.3 is 10.5 Å². The lowest BCUT2D eigenvalue weighted by Gasteiger charge is -2.13. The summed E-state index contributed by atoms with van der Waals surface area (Å²) in [6, 6.07) is 5.70. The van der Waals surface area contributed by atoms with E-state index in [1.165, 1.54) is 0 Å². The molecule has 0 aliphatic carbocycles. The zero-order chi connectivity index (χ0) is 12.8. The molecule has 1 aromatic rings. The third-order valence-corrected chi connectivity index (χ3v) is 2.67. The van der Waals surface area contributed by atoms with Gasteiger partial charge in [0, 0.05) is 0 Å². The Morgan fingerprint density at radius 3 is 2.71 bits per heavy atom. The lowest BCUT2D eigenvalue weighted by atomic mass is 10.1. The van der Waals surface area contributed by atoms with Crippen molar-refractivity contribution >= 4 is 5.84 Å². The standard InChI is InChI=1S/C14H22N2O/c1-10(2)6-5-9-17-13-11(3)7-4-8-12(13)14(15)16/h4,7-8,10H,5-6,9H2,1-3H3,(H3,15,16). The van der Waals surface area contributed by atoms with Crippen LogP contribution in [0.4, 0.5) is 0 Å². The molecule has 1 aromatic carbocycles. The van der Waals surface area contributed by atoms with E-state index in [0.29, 0.717) is 18.1 Å². The Morgan fingerprint density at radius 2 is 2.12 bits per heavy atom. The Balaban J connectivity index is 2.66. The predicted octanol–water partition coefficient (Wildman–Crippen LogP) is 3.09. The van der Waals surface area contributed by atoms with E-state index in [1.54, 1.807) is 0 Å². The van der Waals surface area contributed by atoms with Crippen LogP contribution in [0.2, 0.25) is 0 Å². The van der Waals surface area contributed by atoms with E-state index in [-0.39, 0.29) is 5.84 Å². The van der Waals surface area contributed by atoms with E-state index >= 15 is 0 Å². The van der Waals surface area contributed by atoms with Crippen molar-refractivity contribution in [3.05, 3.63) is 29.3 Å². The highest BCUT2D eigenvalue weighted by Gasteiger charge is 2.09. The van der Waals surface area contributed by atoms with E-state index in [1.807, 2.05) is 25.1 Å². The second-order valence-corrected chi connectivity index (χ2v) is 4.75. The molecule has 0 saturated carbocycles. The Bertz CT molecular complexity index is 386. The lowest BCUT2D eigenvalue weighted by molar-refractivity contribution is 0.295. The number of hydrogen-bond donors (Lipinski definition) is 2. The van der Waals surface area contributed by atoms with E-state index < -0.39 is 0 Å². The van der Waals surface area contributed by atoms with Crippen molar-refractivity contribution in [3.63, 3.8) is 0 Å². The molecule has 0 fully saturated rings. The zero-order valence-electron chi connectivity index (χ0n) is 10.9. The quantitative estimate of drug-likeness (QED) is 0.451. The molecule has 1 rings (SSSR count). The molecule has 0 radical (unpaired) electrons. The highest BCUT2D eigenvalue weighted by Crippen LogP contribution is 2.23. The summed E-state index contributed by atoms with van der Waals surface area (Å²) in [4.78, 5) is 0. The van der Waals surface area contributed by atoms with Crippen molar-refractivity contribution in [2.75, 3.05) is 6.61 Å². The van der Waals surface area contributed by atoms with Crippen LogP contribution in [0.15, 0.2) is 18.2 Å². The third kappa shape index (κ3) is 4.10. The molecule has 0 aliphatic rings. The van der Waals surface area contributed by atoms with Crippen molar-refractivity contribution in [2.24, 2.45) is 11.7 Å². The van der Waals surface area contributed by atoms with Crippen LogP contribution >= 0.6 is 0 Å². The van der Waals surface area contributed by atoms with Gasteiger partial charge >= 0.3 is 0 Å². The van der Waals surface area contributed by atoms with Crippen LogP contribution in [-0.4, -0.2) is 12.4 Å². The first-order valence-electron chi connectivity index (χ1n) is 6.09. The third-order valence-electron chi connectivity index (χ3n) is 2.67. The number of benzene rings is 1. The van der Waals surface area contributed by atoms with Crippen LogP contribution in [0, 0.1) is 18.3 Å². The number of nitrogen functional groups attached to an aromatic ring is 1. The molecule has 94 valence electrons. The van der Waals surface area contributed by atoms with Gasteiger partial charge in [-0.15, -0.1) is 0 Å². The molecule has 3 heteroatoms. The van der Waals surface area contributed by atoms with Gasteiger partial charge in [0.25, 0.3) is 0 Å². The van der Waals surface area contributed by atoms with E-state index in [9.17, 15) is 0 Å². The van der Waals surface area contributed by atoms with Gasteiger partial charge in [0.15, 0.2) is 0 Å². The van der Waals surface area contributed by atoms with Crippen molar-refractivity contribution in [2.45, 2.75) is 33.6 Å². The minimum absolute atomic E-state index is 0.0626. The predicted molar refractivity (Wildman–Crippen MR) is 71.8 cm³/mol. The fraction of sp³-hybridized carbons (Fsp3) is 0.500. The van der Waals surface area contributed by atoms with Gasteiger partial charge in [-0.1, -0.05) is 26.0 Å². The minimum atomic E-state index is 0.0626. The summed E-state index contributed by atoms with van der Waals surface area (Å²) in [6.07, 6.45) is 2.19. The minimum Gasteiger partial charge on any atom is -0.493 e. The summed E-state index contributed by atoms with van der Waals surface area (Å²) in [5.74, 6) is 1.51. The summed E-state index contributed by atoms with van der Waals surface area (Å²) < 4.78 is 5.76. The Kier molecular flexibility index (Phi) is 5.01. The summed E-state index contributed by atoms with van der Waals surface area (Å²) >= 11 is 0. The highest BCUT2D eigenvalue weighted by atomic mass is 16.5. The number of ether oxygens (including phenoxy) is 1. The molecule has 0 aromatic heterocycles. The van der Waals surface area contributed by atoms with Gasteiger partial charge in [-0.05, 0) is 37.3 Å². The molecule has 0 aliphatic heterocycles. The van der Waals surface area contributed by atoms with Crippen LogP contribution in [0.25, 0.3) is 0 Å². The number of amidine groups is 1. The first kappa shape index (κ1) is 13.6. The maximum absolute atomic E-state index is 7.52. The number of nitrogens with one attached hydrogen (secondary N) is 1. The average molecular weight is 234 g/mol. The van der Waals surface area contributed by atoms with Crippen LogP contribution in [0.3, 0.4) is 0 Å². The summed E-state index contributed by atoms with van der Waals surface area (Å²) in [5, 5.41) is 7.52. The van der Waals surface area contributed by atoms with E-state index in [2.05, 4.69) is 13.8 Å². The number of para-hydroxylation sites is 1. The molecule has 0 atom stereocenters. The molecule has 17 heavy (non-hydrogen) atoms. The molecule has 0 saturated heterocycles. The zero-order valence-corrected chi connectivity index (χ0v) is 10.9. The Hall–Kier alpha value is -1.51. The van der Waals surface area contributed by atoms with Gasteiger partial charge in [-0.25, -0.2) is 0 Å². The van der Waals surface area contributed by atoms with Crippen molar-refractivity contribution in [1.82, 2.24) is 0 Å². The second-order valence-electron chi connectivity index (χ2n) is 4.75. The first-order valence-corrected chi connectivity index (χ1v) is 6.09. The maximum atomic E-state index is 7.52. The Morgan fingerprint density at radius 1 is 1.41 bits per heavy atom. The number of rotatable bonds is 6. The second kappa shape index (κ2) is 6.28. The van der Waals surface area contributed by atoms with E-state index in [4.69, 9.17) is 15.9 Å². The van der Waals surface area contributed by atoms with Gasteiger partial charge in [0.1, 0.15) is 11.6 Å². The first-order chi connectivity index (χ1) is 8.02. The van der Waals surface area contributed by atoms with Gasteiger partial charge in [0.2, 0.25) is 0 Å².